The van der Waals surface area contributed by atoms with Crippen molar-refractivity contribution in [2.24, 2.45) is 5.16 Å². The number of para-hydroxylation sites is 1. The van der Waals surface area contributed by atoms with Gasteiger partial charge in [-0.3, -0.25) is 4.79 Å². The molecule has 0 radical (unpaired) electrons. The minimum absolute atomic E-state index is 0.257. The Bertz CT molecular complexity index is 759. The van der Waals surface area contributed by atoms with Crippen molar-refractivity contribution in [2.75, 3.05) is 7.11 Å². The molecule has 0 saturated carbocycles. The average Bonchev–Trinajstić information content (AvgIpc) is 3.11. The number of oxime groups is 1. The Morgan fingerprint density at radius 3 is 2.79 bits per heavy atom. The van der Waals surface area contributed by atoms with Crippen LogP contribution in [0.4, 0.5) is 4.39 Å². The Hall–Kier alpha value is -2.89. The maximum absolute atomic E-state index is 12.9. The van der Waals surface area contributed by atoms with Crippen LogP contribution in [0.15, 0.2) is 53.7 Å². The Morgan fingerprint density at radius 1 is 1.29 bits per heavy atom. The van der Waals surface area contributed by atoms with Crippen LogP contribution in [0.3, 0.4) is 0 Å². The smallest absolute Gasteiger partial charge is 0.264 e. The quantitative estimate of drug-likeness (QED) is 0.918. The van der Waals surface area contributed by atoms with E-state index in [1.54, 1.807) is 19.2 Å². The maximum Gasteiger partial charge on any atom is 0.264 e. The van der Waals surface area contributed by atoms with E-state index in [9.17, 15) is 9.18 Å². The van der Waals surface area contributed by atoms with Gasteiger partial charge in [0.1, 0.15) is 11.6 Å². The highest BCUT2D eigenvalue weighted by molar-refractivity contribution is 6.05. The second-order valence-electron chi connectivity index (χ2n) is 5.38. The molecule has 1 N–H and O–H groups in total. The SMILES string of the molecule is COc1ccccc1C1=NOC(C(=O)NCc2ccc(F)cc2)C1. The number of amides is 1. The summed E-state index contributed by atoms with van der Waals surface area (Å²) in [4.78, 5) is 17.5. The summed E-state index contributed by atoms with van der Waals surface area (Å²) >= 11 is 0. The van der Waals surface area contributed by atoms with Crippen LogP contribution in [0, 0.1) is 5.82 Å². The van der Waals surface area contributed by atoms with Crippen LogP contribution in [0.2, 0.25) is 0 Å². The highest BCUT2D eigenvalue weighted by Crippen LogP contribution is 2.24. The summed E-state index contributed by atoms with van der Waals surface area (Å²) in [6.07, 6.45) is -0.305. The Balaban J connectivity index is 1.58. The lowest BCUT2D eigenvalue weighted by Crippen LogP contribution is -2.34. The predicted molar refractivity (Wildman–Crippen MR) is 87.3 cm³/mol. The zero-order chi connectivity index (χ0) is 16.9. The molecule has 0 aliphatic carbocycles. The van der Waals surface area contributed by atoms with Gasteiger partial charge in [0.2, 0.25) is 6.10 Å². The first kappa shape index (κ1) is 16.0. The van der Waals surface area contributed by atoms with Crippen LogP contribution in [-0.2, 0) is 16.2 Å². The molecule has 1 aliphatic rings. The van der Waals surface area contributed by atoms with Crippen molar-refractivity contribution >= 4 is 11.6 Å². The number of methoxy groups -OCH3 is 1. The number of rotatable bonds is 5. The van der Waals surface area contributed by atoms with Gasteiger partial charge in [-0.15, -0.1) is 0 Å². The number of halogens is 1. The number of hydrogen-bond donors (Lipinski definition) is 1. The van der Waals surface area contributed by atoms with Crippen molar-refractivity contribution in [1.29, 1.82) is 0 Å². The van der Waals surface area contributed by atoms with Crippen LogP contribution in [-0.4, -0.2) is 24.8 Å². The monoisotopic (exact) mass is 328 g/mol. The zero-order valence-corrected chi connectivity index (χ0v) is 13.2. The van der Waals surface area contributed by atoms with Crippen molar-refractivity contribution in [2.45, 2.75) is 19.1 Å². The Morgan fingerprint density at radius 2 is 2.04 bits per heavy atom. The third kappa shape index (κ3) is 3.53. The van der Waals surface area contributed by atoms with E-state index in [0.717, 1.165) is 11.1 Å². The standard InChI is InChI=1S/C18H17FN2O3/c1-23-16-5-3-2-4-14(16)15-10-17(24-21-15)18(22)20-11-12-6-8-13(19)9-7-12/h2-9,17H,10-11H2,1H3,(H,20,22). The van der Waals surface area contributed by atoms with Crippen LogP contribution in [0.5, 0.6) is 5.75 Å². The fourth-order valence-corrected chi connectivity index (χ4v) is 2.47. The van der Waals surface area contributed by atoms with Gasteiger partial charge >= 0.3 is 0 Å². The van der Waals surface area contributed by atoms with Crippen LogP contribution in [0.25, 0.3) is 0 Å². The average molecular weight is 328 g/mol. The fraction of sp³-hybridized carbons (Fsp3) is 0.222. The molecular weight excluding hydrogens is 311 g/mol. The molecule has 0 spiro atoms. The second-order valence-corrected chi connectivity index (χ2v) is 5.38. The minimum atomic E-state index is -0.676. The summed E-state index contributed by atoms with van der Waals surface area (Å²) in [5.41, 5.74) is 2.30. The summed E-state index contributed by atoms with van der Waals surface area (Å²) in [5.74, 6) is 0.124. The maximum atomic E-state index is 12.9. The summed E-state index contributed by atoms with van der Waals surface area (Å²) in [7, 11) is 1.59. The summed E-state index contributed by atoms with van der Waals surface area (Å²) in [6.45, 7) is 0.308. The van der Waals surface area contributed by atoms with Crippen LogP contribution in [0.1, 0.15) is 17.5 Å². The van der Waals surface area contributed by atoms with Crippen LogP contribution < -0.4 is 10.1 Å². The van der Waals surface area contributed by atoms with Crippen molar-refractivity contribution in [3.8, 4) is 5.75 Å². The van der Waals surface area contributed by atoms with Crippen molar-refractivity contribution in [1.82, 2.24) is 5.32 Å². The summed E-state index contributed by atoms with van der Waals surface area (Å²) in [5, 5.41) is 6.78. The molecule has 124 valence electrons. The van der Waals surface area contributed by atoms with Gasteiger partial charge in [0, 0.05) is 18.5 Å². The molecule has 1 unspecified atom stereocenters. The van der Waals surface area contributed by atoms with Gasteiger partial charge in [0.15, 0.2) is 0 Å². The van der Waals surface area contributed by atoms with Gasteiger partial charge < -0.3 is 14.9 Å². The third-order valence-corrected chi connectivity index (χ3v) is 3.76. The first-order chi connectivity index (χ1) is 11.7. The molecule has 0 fully saturated rings. The van der Waals surface area contributed by atoms with Gasteiger partial charge in [-0.2, -0.15) is 0 Å². The van der Waals surface area contributed by atoms with E-state index in [-0.39, 0.29) is 11.7 Å². The first-order valence-corrected chi connectivity index (χ1v) is 7.55. The number of ether oxygens (including phenoxy) is 1. The highest BCUT2D eigenvalue weighted by atomic mass is 19.1. The molecule has 0 aromatic heterocycles. The molecule has 1 amide bonds. The molecular formula is C18H17FN2O3. The van der Waals surface area contributed by atoms with E-state index in [1.165, 1.54) is 12.1 Å². The van der Waals surface area contributed by atoms with E-state index >= 15 is 0 Å². The Labute approximate surface area is 139 Å². The largest absolute Gasteiger partial charge is 0.496 e. The molecule has 1 aliphatic heterocycles. The Kier molecular flexibility index (Phi) is 4.74. The van der Waals surface area contributed by atoms with Gasteiger partial charge in [0.25, 0.3) is 5.91 Å². The third-order valence-electron chi connectivity index (χ3n) is 3.76. The van der Waals surface area contributed by atoms with Crippen molar-refractivity contribution in [3.05, 3.63) is 65.5 Å². The highest BCUT2D eigenvalue weighted by Gasteiger charge is 2.29. The predicted octanol–water partition coefficient (Wildman–Crippen LogP) is 2.64. The molecule has 1 heterocycles. The molecule has 0 bridgehead atoms. The van der Waals surface area contributed by atoms with E-state index in [0.29, 0.717) is 24.4 Å². The lowest BCUT2D eigenvalue weighted by molar-refractivity contribution is -0.131. The number of nitrogens with one attached hydrogen (secondary N) is 1. The normalized spacial score (nSPS) is 16.2. The lowest BCUT2D eigenvalue weighted by atomic mass is 10.0. The van der Waals surface area contributed by atoms with Gasteiger partial charge in [-0.1, -0.05) is 29.4 Å². The molecule has 6 heteroatoms. The molecule has 0 saturated heterocycles. The molecule has 3 rings (SSSR count). The minimum Gasteiger partial charge on any atom is -0.496 e. The molecule has 5 nitrogen and oxygen atoms in total. The number of benzene rings is 2. The van der Waals surface area contributed by atoms with Crippen molar-refractivity contribution < 1.29 is 18.8 Å². The zero-order valence-electron chi connectivity index (χ0n) is 13.2. The van der Waals surface area contributed by atoms with Gasteiger partial charge in [-0.25, -0.2) is 4.39 Å². The summed E-state index contributed by atoms with van der Waals surface area (Å²) in [6, 6.07) is 13.4. The first-order valence-electron chi connectivity index (χ1n) is 7.55. The summed E-state index contributed by atoms with van der Waals surface area (Å²) < 4.78 is 18.2. The number of hydrogen-bond acceptors (Lipinski definition) is 4. The second kappa shape index (κ2) is 7.12. The molecule has 2 aromatic carbocycles. The van der Waals surface area contributed by atoms with E-state index in [1.807, 2.05) is 24.3 Å². The molecule has 1 atom stereocenters. The van der Waals surface area contributed by atoms with Gasteiger partial charge in [-0.05, 0) is 29.8 Å². The fourth-order valence-electron chi connectivity index (χ4n) is 2.47. The lowest BCUT2D eigenvalue weighted by Gasteiger charge is -2.10. The molecule has 2 aromatic rings. The molecule has 24 heavy (non-hydrogen) atoms. The van der Waals surface area contributed by atoms with E-state index in [2.05, 4.69) is 10.5 Å². The number of nitrogens with zero attached hydrogens (tertiary/aromatic N) is 1. The van der Waals surface area contributed by atoms with E-state index in [4.69, 9.17) is 9.57 Å². The number of carbonyl (C=O) groups excluding carboxylic acids is 1. The number of carbonyl (C=O) groups is 1. The van der Waals surface area contributed by atoms with Crippen molar-refractivity contribution in [3.63, 3.8) is 0 Å². The van der Waals surface area contributed by atoms with E-state index < -0.39 is 6.10 Å². The van der Waals surface area contributed by atoms with Gasteiger partial charge in [0.05, 0.1) is 12.8 Å². The topological polar surface area (TPSA) is 59.9 Å². The van der Waals surface area contributed by atoms with Crippen LogP contribution >= 0.6 is 0 Å².